The topological polar surface area (TPSA) is 73.3 Å². The number of halogens is 2. The Hall–Kier alpha value is -2.60. The van der Waals surface area contributed by atoms with Gasteiger partial charge in [-0.2, -0.15) is 5.26 Å². The standard InChI is InChI=1S/C21H21FN4O.HI/c1-3-24-21(25-13-17-10-15(12-23)8-9-18(17)22)26-14(2)20-11-16-6-4-5-7-19(16)27-20;/h4-11,14H,3,13H2,1-2H3,(H2,24,25,26);1H. The molecular formula is C21H22FIN4O. The number of nitrogens with one attached hydrogen (secondary N) is 2. The first-order chi connectivity index (χ1) is 13.1. The first kappa shape index (κ1) is 21.7. The van der Waals surface area contributed by atoms with Gasteiger partial charge in [-0.3, -0.25) is 0 Å². The van der Waals surface area contributed by atoms with E-state index in [-0.39, 0.29) is 42.4 Å². The summed E-state index contributed by atoms with van der Waals surface area (Å²) in [5.74, 6) is 0.964. The van der Waals surface area contributed by atoms with Crippen molar-refractivity contribution in [2.24, 2.45) is 4.99 Å². The highest BCUT2D eigenvalue weighted by Gasteiger charge is 2.13. The molecule has 2 aromatic carbocycles. The van der Waals surface area contributed by atoms with E-state index < -0.39 is 0 Å². The molecular weight excluding hydrogens is 470 g/mol. The monoisotopic (exact) mass is 492 g/mol. The molecule has 1 atom stereocenters. The van der Waals surface area contributed by atoms with Crippen molar-refractivity contribution in [2.45, 2.75) is 26.4 Å². The highest BCUT2D eigenvalue weighted by molar-refractivity contribution is 14.0. The molecule has 0 radical (unpaired) electrons. The smallest absolute Gasteiger partial charge is 0.192 e. The third kappa shape index (κ3) is 5.23. The van der Waals surface area contributed by atoms with Gasteiger partial charge in [0.1, 0.15) is 17.2 Å². The van der Waals surface area contributed by atoms with Crippen LogP contribution in [0.25, 0.3) is 11.0 Å². The number of hydrogen-bond donors (Lipinski definition) is 2. The van der Waals surface area contributed by atoms with Gasteiger partial charge in [-0.15, -0.1) is 24.0 Å². The van der Waals surface area contributed by atoms with Crippen LogP contribution in [-0.4, -0.2) is 12.5 Å². The molecule has 1 unspecified atom stereocenters. The quantitative estimate of drug-likeness (QED) is 0.303. The van der Waals surface area contributed by atoms with Gasteiger partial charge in [-0.1, -0.05) is 18.2 Å². The first-order valence-corrected chi connectivity index (χ1v) is 8.82. The second-order valence-corrected chi connectivity index (χ2v) is 6.17. The average Bonchev–Trinajstić information content (AvgIpc) is 3.11. The van der Waals surface area contributed by atoms with Crippen LogP contribution in [0.15, 0.2) is 57.9 Å². The van der Waals surface area contributed by atoms with Gasteiger partial charge in [0.25, 0.3) is 0 Å². The van der Waals surface area contributed by atoms with Gasteiger partial charge in [-0.25, -0.2) is 9.38 Å². The van der Waals surface area contributed by atoms with Crippen LogP contribution in [0, 0.1) is 17.1 Å². The zero-order valence-electron chi connectivity index (χ0n) is 15.7. The third-order valence-corrected chi connectivity index (χ3v) is 4.15. The molecule has 1 aromatic heterocycles. The molecule has 3 aromatic rings. The van der Waals surface area contributed by atoms with Crippen molar-refractivity contribution in [3.63, 3.8) is 0 Å². The van der Waals surface area contributed by atoms with E-state index in [1.807, 2.05) is 50.2 Å². The summed E-state index contributed by atoms with van der Waals surface area (Å²) >= 11 is 0. The molecule has 0 aliphatic rings. The van der Waals surface area contributed by atoms with Crippen molar-refractivity contribution in [1.29, 1.82) is 5.26 Å². The summed E-state index contributed by atoms with van der Waals surface area (Å²) in [7, 11) is 0. The summed E-state index contributed by atoms with van der Waals surface area (Å²) in [4.78, 5) is 4.44. The lowest BCUT2D eigenvalue weighted by Crippen LogP contribution is -2.38. The van der Waals surface area contributed by atoms with Crippen LogP contribution in [-0.2, 0) is 6.54 Å². The molecule has 0 bridgehead atoms. The van der Waals surface area contributed by atoms with Gasteiger partial charge >= 0.3 is 0 Å². The fourth-order valence-corrected chi connectivity index (χ4v) is 2.74. The van der Waals surface area contributed by atoms with Crippen molar-refractivity contribution >= 4 is 40.9 Å². The van der Waals surface area contributed by atoms with Crippen molar-refractivity contribution in [3.8, 4) is 6.07 Å². The van der Waals surface area contributed by atoms with Gasteiger partial charge < -0.3 is 15.1 Å². The van der Waals surface area contributed by atoms with Gasteiger partial charge in [0, 0.05) is 17.5 Å². The highest BCUT2D eigenvalue weighted by atomic mass is 127. The summed E-state index contributed by atoms with van der Waals surface area (Å²) in [6, 6.07) is 16.0. The number of nitriles is 1. The number of hydrogen-bond acceptors (Lipinski definition) is 3. The summed E-state index contributed by atoms with van der Waals surface area (Å²) in [5.41, 5.74) is 1.62. The molecule has 146 valence electrons. The van der Waals surface area contributed by atoms with Crippen LogP contribution in [0.5, 0.6) is 0 Å². The van der Waals surface area contributed by atoms with Gasteiger partial charge in [0.2, 0.25) is 0 Å². The predicted molar refractivity (Wildman–Crippen MR) is 119 cm³/mol. The Bertz CT molecular complexity index is 976. The zero-order valence-corrected chi connectivity index (χ0v) is 18.0. The Morgan fingerprint density at radius 2 is 2.04 bits per heavy atom. The number of benzene rings is 2. The minimum absolute atomic E-state index is 0. The van der Waals surface area contributed by atoms with Crippen LogP contribution in [0.1, 0.15) is 36.8 Å². The Morgan fingerprint density at radius 3 is 2.75 bits per heavy atom. The van der Waals surface area contributed by atoms with Crippen LogP contribution < -0.4 is 10.6 Å². The third-order valence-electron chi connectivity index (χ3n) is 4.15. The highest BCUT2D eigenvalue weighted by Crippen LogP contribution is 2.23. The molecule has 0 saturated carbocycles. The molecule has 5 nitrogen and oxygen atoms in total. The lowest BCUT2D eigenvalue weighted by molar-refractivity contribution is 0.488. The van der Waals surface area contributed by atoms with Crippen LogP contribution in [0.2, 0.25) is 0 Å². The minimum atomic E-state index is -0.376. The number of rotatable bonds is 5. The fourth-order valence-electron chi connectivity index (χ4n) is 2.74. The molecule has 0 amide bonds. The van der Waals surface area contributed by atoms with E-state index >= 15 is 0 Å². The maximum atomic E-state index is 14.0. The summed E-state index contributed by atoms with van der Waals surface area (Å²) in [6.45, 7) is 4.73. The second-order valence-electron chi connectivity index (χ2n) is 6.17. The number of aliphatic imine (C=N–C) groups is 1. The molecule has 7 heteroatoms. The molecule has 0 fully saturated rings. The summed E-state index contributed by atoms with van der Waals surface area (Å²) in [5, 5.41) is 16.4. The maximum Gasteiger partial charge on any atom is 0.192 e. The van der Waals surface area contributed by atoms with E-state index in [4.69, 9.17) is 9.68 Å². The molecule has 0 aliphatic carbocycles. The SMILES string of the molecule is CCNC(=NCc1cc(C#N)ccc1F)NC(C)c1cc2ccccc2o1.I. The average molecular weight is 492 g/mol. The second kappa shape index (κ2) is 10.1. The van der Waals surface area contributed by atoms with Gasteiger partial charge in [-0.05, 0) is 44.2 Å². The lowest BCUT2D eigenvalue weighted by Gasteiger charge is -2.16. The Labute approximate surface area is 180 Å². The van der Waals surface area contributed by atoms with Crippen molar-refractivity contribution in [2.75, 3.05) is 6.54 Å². The van der Waals surface area contributed by atoms with E-state index in [9.17, 15) is 4.39 Å². The minimum Gasteiger partial charge on any atom is -0.459 e. The van der Waals surface area contributed by atoms with Crippen LogP contribution >= 0.6 is 24.0 Å². The number of nitrogens with zero attached hydrogens (tertiary/aromatic N) is 2. The lowest BCUT2D eigenvalue weighted by atomic mass is 10.1. The van der Waals surface area contributed by atoms with E-state index in [1.165, 1.54) is 18.2 Å². The largest absolute Gasteiger partial charge is 0.459 e. The summed E-state index contributed by atoms with van der Waals surface area (Å²) in [6.07, 6.45) is 0. The molecule has 0 saturated heterocycles. The number of fused-ring (bicyclic) bond motifs is 1. The molecule has 0 spiro atoms. The molecule has 0 aliphatic heterocycles. The van der Waals surface area contributed by atoms with E-state index in [2.05, 4.69) is 15.6 Å². The number of guanidine groups is 1. The van der Waals surface area contributed by atoms with Crippen LogP contribution in [0.4, 0.5) is 4.39 Å². The predicted octanol–water partition coefficient (Wildman–Crippen LogP) is 4.88. The van der Waals surface area contributed by atoms with E-state index in [1.54, 1.807) is 0 Å². The maximum absolute atomic E-state index is 14.0. The molecule has 3 rings (SSSR count). The Kier molecular flexibility index (Phi) is 7.81. The zero-order chi connectivity index (χ0) is 19.2. The molecule has 28 heavy (non-hydrogen) atoms. The van der Waals surface area contributed by atoms with Crippen LogP contribution in [0.3, 0.4) is 0 Å². The van der Waals surface area contributed by atoms with Crippen molar-refractivity contribution in [1.82, 2.24) is 10.6 Å². The Morgan fingerprint density at radius 1 is 1.25 bits per heavy atom. The molecule has 2 N–H and O–H groups in total. The molecule has 1 heterocycles. The van der Waals surface area contributed by atoms with Crippen molar-refractivity contribution < 1.29 is 8.81 Å². The van der Waals surface area contributed by atoms with E-state index in [0.717, 1.165) is 16.7 Å². The fraction of sp³-hybridized carbons (Fsp3) is 0.238. The van der Waals surface area contributed by atoms with Crippen molar-refractivity contribution in [3.05, 3.63) is 71.2 Å². The normalized spacial score (nSPS) is 12.1. The van der Waals surface area contributed by atoms with Gasteiger partial charge in [0.15, 0.2) is 5.96 Å². The van der Waals surface area contributed by atoms with E-state index in [0.29, 0.717) is 23.6 Å². The first-order valence-electron chi connectivity index (χ1n) is 8.82. The van der Waals surface area contributed by atoms with Gasteiger partial charge in [0.05, 0.1) is 24.2 Å². The number of furan rings is 1. The Balaban J connectivity index is 0.00000280. The number of para-hydroxylation sites is 1. The summed E-state index contributed by atoms with van der Waals surface area (Å²) < 4.78 is 19.8.